The number of likely N-dealkylation sites (tertiary alicyclic amines) is 1. The van der Waals surface area contributed by atoms with Crippen LogP contribution in [0.15, 0.2) is 84.9 Å². The molecular formula is C31H39NO2. The van der Waals surface area contributed by atoms with Crippen LogP contribution in [0.4, 0.5) is 0 Å². The molecule has 4 rings (SSSR count). The number of aliphatic hydroxyl groups is 2. The molecule has 2 N–H and O–H groups in total. The lowest BCUT2D eigenvalue weighted by Gasteiger charge is -2.42. The zero-order valence-electron chi connectivity index (χ0n) is 20.8. The topological polar surface area (TPSA) is 43.7 Å². The van der Waals surface area contributed by atoms with Crippen LogP contribution in [0, 0.1) is 5.92 Å². The Morgan fingerprint density at radius 3 is 1.74 bits per heavy atom. The van der Waals surface area contributed by atoms with Gasteiger partial charge in [-0.2, -0.15) is 0 Å². The summed E-state index contributed by atoms with van der Waals surface area (Å²) in [5.74, 6) is 0.156. The smallest absolute Gasteiger partial charge is 0.117 e. The van der Waals surface area contributed by atoms with Crippen molar-refractivity contribution in [1.82, 2.24) is 4.90 Å². The zero-order valence-corrected chi connectivity index (χ0v) is 20.8. The van der Waals surface area contributed by atoms with E-state index in [-0.39, 0.29) is 11.3 Å². The van der Waals surface area contributed by atoms with E-state index < -0.39 is 11.7 Å². The van der Waals surface area contributed by atoms with E-state index in [9.17, 15) is 10.2 Å². The highest BCUT2D eigenvalue weighted by molar-refractivity contribution is 5.37. The van der Waals surface area contributed by atoms with Crippen molar-refractivity contribution < 1.29 is 10.2 Å². The van der Waals surface area contributed by atoms with E-state index in [4.69, 9.17) is 0 Å². The molecule has 3 aromatic rings. The van der Waals surface area contributed by atoms with Crippen LogP contribution in [0.2, 0.25) is 0 Å². The number of rotatable bonds is 7. The predicted molar refractivity (Wildman–Crippen MR) is 140 cm³/mol. The van der Waals surface area contributed by atoms with Crippen LogP contribution in [0.25, 0.3) is 0 Å². The zero-order chi connectivity index (χ0) is 24.2. The predicted octanol–water partition coefficient (Wildman–Crippen LogP) is 6.06. The molecule has 0 saturated carbocycles. The molecule has 0 spiro atoms. The van der Waals surface area contributed by atoms with E-state index >= 15 is 0 Å². The average Bonchev–Trinajstić information content (AvgIpc) is 2.87. The SMILES string of the molecule is CC(C)(C)c1ccc(C(O)CCN2CCC(C(O)(c3ccccc3)c3ccccc3)CC2)cc1. The monoisotopic (exact) mass is 457 g/mol. The van der Waals surface area contributed by atoms with Gasteiger partial charge in [-0.3, -0.25) is 0 Å². The van der Waals surface area contributed by atoms with Crippen LogP contribution in [0.5, 0.6) is 0 Å². The Morgan fingerprint density at radius 1 is 0.765 bits per heavy atom. The van der Waals surface area contributed by atoms with Gasteiger partial charge in [0.1, 0.15) is 5.60 Å². The molecule has 1 aliphatic heterocycles. The molecule has 1 fully saturated rings. The van der Waals surface area contributed by atoms with Crippen LogP contribution in [-0.4, -0.2) is 34.7 Å². The van der Waals surface area contributed by atoms with E-state index in [1.165, 1.54) is 5.56 Å². The molecule has 3 heteroatoms. The second kappa shape index (κ2) is 10.4. The van der Waals surface area contributed by atoms with E-state index in [2.05, 4.69) is 49.9 Å². The molecule has 0 bridgehead atoms. The first-order valence-electron chi connectivity index (χ1n) is 12.6. The fourth-order valence-electron chi connectivity index (χ4n) is 5.27. The second-order valence-electron chi connectivity index (χ2n) is 10.8. The van der Waals surface area contributed by atoms with Gasteiger partial charge in [0, 0.05) is 6.54 Å². The Kier molecular flexibility index (Phi) is 7.57. The number of nitrogens with zero attached hydrogens (tertiary/aromatic N) is 1. The maximum Gasteiger partial charge on any atom is 0.117 e. The highest BCUT2D eigenvalue weighted by atomic mass is 16.3. The van der Waals surface area contributed by atoms with E-state index in [0.717, 1.165) is 55.6 Å². The number of hydrogen-bond donors (Lipinski definition) is 2. The summed E-state index contributed by atoms with van der Waals surface area (Å²) in [6, 6.07) is 28.6. The van der Waals surface area contributed by atoms with Crippen molar-refractivity contribution in [3.05, 3.63) is 107 Å². The first-order valence-corrected chi connectivity index (χ1v) is 12.6. The van der Waals surface area contributed by atoms with Gasteiger partial charge in [0.15, 0.2) is 0 Å². The van der Waals surface area contributed by atoms with Crippen molar-refractivity contribution in [2.45, 2.75) is 57.2 Å². The van der Waals surface area contributed by atoms with Gasteiger partial charge in [-0.15, -0.1) is 0 Å². The molecule has 3 aromatic carbocycles. The van der Waals surface area contributed by atoms with Crippen LogP contribution < -0.4 is 0 Å². The molecule has 1 unspecified atom stereocenters. The molecule has 1 heterocycles. The van der Waals surface area contributed by atoms with Crippen molar-refractivity contribution >= 4 is 0 Å². The number of benzene rings is 3. The first kappa shape index (κ1) is 24.7. The summed E-state index contributed by atoms with van der Waals surface area (Å²) < 4.78 is 0. The lowest BCUT2D eigenvalue weighted by Crippen LogP contribution is -2.44. The lowest BCUT2D eigenvalue weighted by molar-refractivity contribution is -0.0157. The van der Waals surface area contributed by atoms with Gasteiger partial charge < -0.3 is 15.1 Å². The summed E-state index contributed by atoms with van der Waals surface area (Å²) in [5, 5.41) is 22.8. The van der Waals surface area contributed by atoms with E-state index in [0.29, 0.717) is 0 Å². The Morgan fingerprint density at radius 2 is 1.26 bits per heavy atom. The van der Waals surface area contributed by atoms with E-state index in [1.54, 1.807) is 0 Å². The molecule has 0 aliphatic carbocycles. The summed E-state index contributed by atoms with van der Waals surface area (Å²) in [6.45, 7) is 9.35. The summed E-state index contributed by atoms with van der Waals surface area (Å²) in [5.41, 5.74) is 3.35. The fraction of sp³-hybridized carbons (Fsp3) is 0.419. The summed E-state index contributed by atoms with van der Waals surface area (Å²) in [7, 11) is 0. The lowest BCUT2D eigenvalue weighted by atomic mass is 9.72. The maximum absolute atomic E-state index is 12.1. The number of hydrogen-bond acceptors (Lipinski definition) is 3. The van der Waals surface area contributed by atoms with E-state index in [1.807, 2.05) is 60.7 Å². The highest BCUT2D eigenvalue weighted by Gasteiger charge is 2.41. The normalized spacial score (nSPS) is 17.0. The Hall–Kier alpha value is -2.46. The number of aliphatic hydroxyl groups excluding tert-OH is 1. The standard InChI is InChI=1S/C31H39NO2/c1-30(2,3)25-16-14-24(15-17-25)29(33)20-23-32-21-18-28(19-22-32)31(34,26-10-6-4-7-11-26)27-12-8-5-9-13-27/h4-17,28-29,33-34H,18-23H2,1-3H3. The molecular weight excluding hydrogens is 418 g/mol. The minimum Gasteiger partial charge on any atom is -0.388 e. The minimum atomic E-state index is -0.983. The molecule has 0 radical (unpaired) electrons. The van der Waals surface area contributed by atoms with Gasteiger partial charge in [-0.05, 0) is 65.9 Å². The molecule has 1 atom stereocenters. The molecule has 1 aliphatic rings. The van der Waals surface area contributed by atoms with Gasteiger partial charge in [-0.25, -0.2) is 0 Å². The van der Waals surface area contributed by atoms with Crippen molar-refractivity contribution in [2.24, 2.45) is 5.92 Å². The Balaban J connectivity index is 1.37. The largest absolute Gasteiger partial charge is 0.388 e. The number of piperidine rings is 1. The summed E-state index contributed by atoms with van der Waals surface area (Å²) in [4.78, 5) is 2.43. The Bertz CT molecular complexity index is 977. The molecule has 3 nitrogen and oxygen atoms in total. The molecule has 34 heavy (non-hydrogen) atoms. The second-order valence-corrected chi connectivity index (χ2v) is 10.8. The highest BCUT2D eigenvalue weighted by Crippen LogP contribution is 2.42. The third-order valence-corrected chi connectivity index (χ3v) is 7.49. The van der Waals surface area contributed by atoms with Gasteiger partial charge in [-0.1, -0.05) is 106 Å². The van der Waals surface area contributed by atoms with Gasteiger partial charge in [0.2, 0.25) is 0 Å². The quantitative estimate of drug-likeness (QED) is 0.453. The van der Waals surface area contributed by atoms with Crippen LogP contribution >= 0.6 is 0 Å². The molecule has 0 amide bonds. The minimum absolute atomic E-state index is 0.120. The summed E-state index contributed by atoms with van der Waals surface area (Å²) >= 11 is 0. The summed E-state index contributed by atoms with van der Waals surface area (Å²) in [6.07, 6.45) is 2.13. The van der Waals surface area contributed by atoms with Gasteiger partial charge in [0.25, 0.3) is 0 Å². The first-order chi connectivity index (χ1) is 16.3. The van der Waals surface area contributed by atoms with Crippen molar-refractivity contribution in [2.75, 3.05) is 19.6 Å². The average molecular weight is 458 g/mol. The fourth-order valence-corrected chi connectivity index (χ4v) is 5.27. The van der Waals surface area contributed by atoms with Gasteiger partial charge in [0.05, 0.1) is 6.10 Å². The van der Waals surface area contributed by atoms with Crippen LogP contribution in [0.3, 0.4) is 0 Å². The third-order valence-electron chi connectivity index (χ3n) is 7.49. The van der Waals surface area contributed by atoms with Crippen molar-refractivity contribution in [3.8, 4) is 0 Å². The maximum atomic E-state index is 12.1. The van der Waals surface area contributed by atoms with Crippen LogP contribution in [-0.2, 0) is 11.0 Å². The van der Waals surface area contributed by atoms with Crippen LogP contribution in [0.1, 0.15) is 68.4 Å². The molecule has 0 aromatic heterocycles. The molecule has 1 saturated heterocycles. The van der Waals surface area contributed by atoms with Gasteiger partial charge >= 0.3 is 0 Å². The Labute approximate surface area is 205 Å². The van der Waals surface area contributed by atoms with Crippen molar-refractivity contribution in [1.29, 1.82) is 0 Å². The molecule has 180 valence electrons. The van der Waals surface area contributed by atoms with Crippen molar-refractivity contribution in [3.63, 3.8) is 0 Å². The third kappa shape index (κ3) is 5.43.